The second kappa shape index (κ2) is 7.03. The highest BCUT2D eigenvalue weighted by molar-refractivity contribution is 5.92. The molecule has 1 N–H and O–H groups in total. The van der Waals surface area contributed by atoms with Gasteiger partial charge < -0.3 is 14.7 Å². The van der Waals surface area contributed by atoms with Crippen molar-refractivity contribution in [3.8, 4) is 0 Å². The van der Waals surface area contributed by atoms with E-state index in [4.69, 9.17) is 4.74 Å². The summed E-state index contributed by atoms with van der Waals surface area (Å²) in [6.07, 6.45) is 1.26. The molecule has 130 valence electrons. The number of carbonyl (C=O) groups is 3. The van der Waals surface area contributed by atoms with Crippen molar-refractivity contribution in [2.45, 2.75) is 51.7 Å². The minimum Gasteiger partial charge on any atom is -0.478 e. The quantitative estimate of drug-likeness (QED) is 0.855. The maximum atomic E-state index is 12.6. The summed E-state index contributed by atoms with van der Waals surface area (Å²) >= 11 is 0. The molecule has 1 aliphatic rings. The van der Waals surface area contributed by atoms with Crippen molar-refractivity contribution in [1.82, 2.24) is 4.90 Å². The lowest BCUT2D eigenvalue weighted by molar-refractivity contribution is -0.163. The molecule has 0 saturated carbocycles. The van der Waals surface area contributed by atoms with Gasteiger partial charge in [0.15, 0.2) is 0 Å². The van der Waals surface area contributed by atoms with Crippen molar-refractivity contribution in [3.63, 3.8) is 0 Å². The molecule has 1 heterocycles. The minimum atomic E-state index is -1.07. The highest BCUT2D eigenvalue weighted by Crippen LogP contribution is 2.22. The van der Waals surface area contributed by atoms with E-state index in [-0.39, 0.29) is 17.9 Å². The van der Waals surface area contributed by atoms with E-state index in [1.807, 2.05) is 0 Å². The first-order chi connectivity index (χ1) is 11.2. The Morgan fingerprint density at radius 2 is 1.92 bits per heavy atom. The van der Waals surface area contributed by atoms with Crippen molar-refractivity contribution in [3.05, 3.63) is 35.4 Å². The number of hydrogen-bond donors (Lipinski definition) is 1. The van der Waals surface area contributed by atoms with Gasteiger partial charge in [-0.1, -0.05) is 18.2 Å². The van der Waals surface area contributed by atoms with Crippen LogP contribution >= 0.6 is 0 Å². The number of likely N-dealkylation sites (tertiary alicyclic amines) is 1. The van der Waals surface area contributed by atoms with Crippen LogP contribution in [0.15, 0.2) is 24.3 Å². The van der Waals surface area contributed by atoms with Gasteiger partial charge in [0.05, 0.1) is 12.0 Å². The summed E-state index contributed by atoms with van der Waals surface area (Å²) in [5.41, 5.74) is -0.0479. The third kappa shape index (κ3) is 4.34. The molecule has 0 bridgehead atoms. The minimum absolute atomic E-state index is 0.0399. The number of amides is 1. The molecule has 6 heteroatoms. The Morgan fingerprint density at radius 3 is 2.54 bits per heavy atom. The van der Waals surface area contributed by atoms with Crippen LogP contribution in [0, 0.1) is 0 Å². The van der Waals surface area contributed by atoms with E-state index < -0.39 is 23.6 Å². The van der Waals surface area contributed by atoms with Gasteiger partial charge in [0, 0.05) is 6.54 Å². The predicted molar refractivity (Wildman–Crippen MR) is 87.7 cm³/mol. The zero-order valence-electron chi connectivity index (χ0n) is 14.2. The van der Waals surface area contributed by atoms with Crippen molar-refractivity contribution in [2.75, 3.05) is 6.54 Å². The van der Waals surface area contributed by atoms with Gasteiger partial charge in [0.25, 0.3) is 0 Å². The molecule has 24 heavy (non-hydrogen) atoms. The first kappa shape index (κ1) is 18.0. The zero-order chi connectivity index (χ0) is 17.9. The largest absolute Gasteiger partial charge is 0.478 e. The van der Waals surface area contributed by atoms with Crippen LogP contribution in [0.4, 0.5) is 0 Å². The van der Waals surface area contributed by atoms with Crippen LogP contribution in [0.1, 0.15) is 49.5 Å². The van der Waals surface area contributed by atoms with E-state index in [0.29, 0.717) is 18.5 Å². The lowest BCUT2D eigenvalue weighted by Gasteiger charge is -2.27. The molecule has 1 aromatic carbocycles. The van der Waals surface area contributed by atoms with E-state index in [9.17, 15) is 19.5 Å². The number of rotatable bonds is 4. The number of nitrogens with zero attached hydrogens (tertiary/aromatic N) is 1. The number of carboxylic acid groups (broad SMARTS) is 1. The van der Waals surface area contributed by atoms with Gasteiger partial charge >= 0.3 is 11.9 Å². The van der Waals surface area contributed by atoms with Crippen LogP contribution in [0.3, 0.4) is 0 Å². The number of esters is 1. The van der Waals surface area contributed by atoms with E-state index >= 15 is 0 Å². The molecule has 1 atom stereocenters. The van der Waals surface area contributed by atoms with Gasteiger partial charge in [0.2, 0.25) is 5.91 Å². The molecule has 0 spiro atoms. The van der Waals surface area contributed by atoms with Crippen LogP contribution in [0.25, 0.3) is 0 Å². The molecule has 1 aliphatic heterocycles. The Kier molecular flexibility index (Phi) is 5.26. The van der Waals surface area contributed by atoms with Gasteiger partial charge in [-0.2, -0.15) is 0 Å². The smallest absolute Gasteiger partial charge is 0.335 e. The molecule has 1 aromatic rings. The van der Waals surface area contributed by atoms with E-state index in [1.54, 1.807) is 39.0 Å². The number of ether oxygens (including phenoxy) is 1. The molecule has 1 saturated heterocycles. The molecule has 2 rings (SSSR count). The molecule has 1 amide bonds. The van der Waals surface area contributed by atoms with E-state index in [2.05, 4.69) is 0 Å². The maximum Gasteiger partial charge on any atom is 0.335 e. The highest BCUT2D eigenvalue weighted by atomic mass is 16.6. The summed E-state index contributed by atoms with van der Waals surface area (Å²) in [6.45, 7) is 5.84. The van der Waals surface area contributed by atoms with Crippen LogP contribution in [-0.2, 0) is 20.7 Å². The molecule has 0 radical (unpaired) electrons. The monoisotopic (exact) mass is 333 g/mol. The van der Waals surface area contributed by atoms with Gasteiger partial charge in [0.1, 0.15) is 11.6 Å². The van der Waals surface area contributed by atoms with Crippen LogP contribution < -0.4 is 0 Å². The summed E-state index contributed by atoms with van der Waals surface area (Å²) in [6, 6.07) is 5.83. The molecule has 0 unspecified atom stereocenters. The summed E-state index contributed by atoms with van der Waals surface area (Å²) in [5, 5.41) is 9.21. The average molecular weight is 333 g/mol. The van der Waals surface area contributed by atoms with Crippen molar-refractivity contribution in [1.29, 1.82) is 0 Å². The molecule has 6 nitrogen and oxygen atoms in total. The SMILES string of the molecule is CC(C)(C)OC(=O)[C@H]1CCCN1C(=O)Cc1ccccc1C(=O)O. The van der Waals surface area contributed by atoms with Crippen LogP contribution in [-0.4, -0.2) is 46.0 Å². The molecule has 1 fully saturated rings. The fourth-order valence-corrected chi connectivity index (χ4v) is 2.83. The summed E-state index contributed by atoms with van der Waals surface area (Å²) in [4.78, 5) is 37.6. The highest BCUT2D eigenvalue weighted by Gasteiger charge is 2.36. The van der Waals surface area contributed by atoms with Gasteiger partial charge in [-0.25, -0.2) is 9.59 Å². The number of hydrogen-bond acceptors (Lipinski definition) is 4. The topological polar surface area (TPSA) is 83.9 Å². The van der Waals surface area contributed by atoms with Crippen molar-refractivity contribution in [2.24, 2.45) is 0 Å². The first-order valence-corrected chi connectivity index (χ1v) is 8.02. The predicted octanol–water partition coefficient (Wildman–Crippen LogP) is 2.26. The zero-order valence-corrected chi connectivity index (χ0v) is 14.2. The Bertz CT molecular complexity index is 647. The van der Waals surface area contributed by atoms with Crippen molar-refractivity contribution < 1.29 is 24.2 Å². The Labute approximate surface area is 141 Å². The maximum absolute atomic E-state index is 12.6. The van der Waals surface area contributed by atoms with Gasteiger partial charge in [-0.05, 0) is 45.2 Å². The number of carbonyl (C=O) groups excluding carboxylic acids is 2. The van der Waals surface area contributed by atoms with Crippen LogP contribution in [0.2, 0.25) is 0 Å². The summed E-state index contributed by atoms with van der Waals surface area (Å²) in [5.74, 6) is -1.72. The molecule has 0 aromatic heterocycles. The third-order valence-electron chi connectivity index (χ3n) is 3.84. The Balaban J connectivity index is 2.12. The summed E-state index contributed by atoms with van der Waals surface area (Å²) in [7, 11) is 0. The standard InChI is InChI=1S/C18H23NO5/c1-18(2,3)24-17(23)14-9-6-10-19(14)15(20)11-12-7-4-5-8-13(12)16(21)22/h4-5,7-8,14H,6,9-11H2,1-3H3,(H,21,22)/t14-/m1/s1. The van der Waals surface area contributed by atoms with E-state index in [1.165, 1.54) is 11.0 Å². The number of carboxylic acids is 1. The third-order valence-corrected chi connectivity index (χ3v) is 3.84. The fourth-order valence-electron chi connectivity index (χ4n) is 2.83. The fraction of sp³-hybridized carbons (Fsp3) is 0.500. The molecular weight excluding hydrogens is 310 g/mol. The lowest BCUT2D eigenvalue weighted by Crippen LogP contribution is -2.44. The molecular formula is C18H23NO5. The number of aromatic carboxylic acids is 1. The average Bonchev–Trinajstić information content (AvgIpc) is 2.95. The number of benzene rings is 1. The normalized spacial score (nSPS) is 17.6. The van der Waals surface area contributed by atoms with Gasteiger partial charge in [-0.3, -0.25) is 4.79 Å². The molecule has 0 aliphatic carbocycles. The summed E-state index contributed by atoms with van der Waals surface area (Å²) < 4.78 is 5.39. The van der Waals surface area contributed by atoms with Crippen molar-refractivity contribution >= 4 is 17.8 Å². The van der Waals surface area contributed by atoms with E-state index in [0.717, 1.165) is 6.42 Å². The second-order valence-corrected chi connectivity index (χ2v) is 6.92. The second-order valence-electron chi connectivity index (χ2n) is 6.92. The Morgan fingerprint density at radius 1 is 1.25 bits per heavy atom. The first-order valence-electron chi connectivity index (χ1n) is 8.02. The Hall–Kier alpha value is -2.37. The van der Waals surface area contributed by atoms with Crippen LogP contribution in [0.5, 0.6) is 0 Å². The lowest BCUT2D eigenvalue weighted by atomic mass is 10.0. The van der Waals surface area contributed by atoms with Gasteiger partial charge in [-0.15, -0.1) is 0 Å².